The lowest BCUT2D eigenvalue weighted by molar-refractivity contribution is -0.139. The molecule has 0 saturated heterocycles. The molecule has 0 saturated carbocycles. The summed E-state index contributed by atoms with van der Waals surface area (Å²) >= 11 is 1.64. The van der Waals surface area contributed by atoms with Crippen LogP contribution in [0, 0.1) is 16.7 Å². The van der Waals surface area contributed by atoms with Crippen molar-refractivity contribution in [2.24, 2.45) is 5.41 Å². The molecular formula is C15H22N2OS. The second-order valence-corrected chi connectivity index (χ2v) is 5.97. The third kappa shape index (κ3) is 3.81. The monoisotopic (exact) mass is 278 g/mol. The Balaban J connectivity index is 2.83. The molecule has 0 aromatic carbocycles. The lowest BCUT2D eigenvalue weighted by Gasteiger charge is -2.29. The van der Waals surface area contributed by atoms with Crippen molar-refractivity contribution in [3.05, 3.63) is 22.4 Å². The molecule has 19 heavy (non-hydrogen) atoms. The number of rotatable bonds is 7. The molecule has 0 spiro atoms. The average Bonchev–Trinajstić information content (AvgIpc) is 2.90. The molecule has 0 fully saturated rings. The van der Waals surface area contributed by atoms with Gasteiger partial charge >= 0.3 is 0 Å². The maximum atomic E-state index is 12.6. The standard InChI is InChI=1S/C15H22N2OS/c1-4-8-15(12-16,9-5-2)14(18)17(3)11-13-7-6-10-19-13/h6-7,10H,4-5,8-9,11H2,1-3H3. The summed E-state index contributed by atoms with van der Waals surface area (Å²) in [6.07, 6.45) is 2.99. The molecular weight excluding hydrogens is 256 g/mol. The summed E-state index contributed by atoms with van der Waals surface area (Å²) in [5.74, 6) is -0.0351. The van der Waals surface area contributed by atoms with Crippen LogP contribution in [0.5, 0.6) is 0 Å². The SMILES string of the molecule is CCCC(C#N)(CCC)C(=O)N(C)Cc1cccs1. The number of hydrogen-bond acceptors (Lipinski definition) is 3. The molecule has 104 valence electrons. The van der Waals surface area contributed by atoms with Crippen molar-refractivity contribution in [3.8, 4) is 6.07 Å². The lowest BCUT2D eigenvalue weighted by atomic mass is 9.79. The van der Waals surface area contributed by atoms with E-state index in [1.54, 1.807) is 23.3 Å². The molecule has 0 radical (unpaired) electrons. The van der Waals surface area contributed by atoms with Gasteiger partial charge < -0.3 is 4.90 Å². The van der Waals surface area contributed by atoms with Crippen LogP contribution in [0.3, 0.4) is 0 Å². The largest absolute Gasteiger partial charge is 0.339 e. The Labute approximate surface area is 119 Å². The van der Waals surface area contributed by atoms with Crippen LogP contribution in [0.15, 0.2) is 17.5 Å². The van der Waals surface area contributed by atoms with E-state index in [4.69, 9.17) is 0 Å². The molecule has 0 aliphatic rings. The van der Waals surface area contributed by atoms with Crippen molar-refractivity contribution in [3.63, 3.8) is 0 Å². The van der Waals surface area contributed by atoms with E-state index < -0.39 is 5.41 Å². The molecule has 1 aromatic rings. The highest BCUT2D eigenvalue weighted by Gasteiger charge is 2.38. The molecule has 1 amide bonds. The molecule has 0 N–H and O–H groups in total. The van der Waals surface area contributed by atoms with Crippen LogP contribution < -0.4 is 0 Å². The van der Waals surface area contributed by atoms with Crippen molar-refractivity contribution in [1.29, 1.82) is 5.26 Å². The van der Waals surface area contributed by atoms with Crippen LogP contribution in [0.4, 0.5) is 0 Å². The predicted molar refractivity (Wildman–Crippen MR) is 78.7 cm³/mol. The van der Waals surface area contributed by atoms with Crippen molar-refractivity contribution >= 4 is 17.2 Å². The number of amides is 1. The number of carbonyl (C=O) groups excluding carboxylic acids is 1. The number of carbonyl (C=O) groups is 1. The highest BCUT2D eigenvalue weighted by Crippen LogP contribution is 2.32. The fraction of sp³-hybridized carbons (Fsp3) is 0.600. The van der Waals surface area contributed by atoms with Gasteiger partial charge in [0.15, 0.2) is 0 Å². The van der Waals surface area contributed by atoms with Gasteiger partial charge in [0.05, 0.1) is 12.6 Å². The van der Waals surface area contributed by atoms with Gasteiger partial charge in [-0.25, -0.2) is 0 Å². The highest BCUT2D eigenvalue weighted by molar-refractivity contribution is 7.09. The first-order valence-electron chi connectivity index (χ1n) is 6.78. The summed E-state index contributed by atoms with van der Waals surface area (Å²) in [6, 6.07) is 6.29. The fourth-order valence-corrected chi connectivity index (χ4v) is 3.18. The van der Waals surface area contributed by atoms with E-state index in [2.05, 4.69) is 6.07 Å². The van der Waals surface area contributed by atoms with Crippen LogP contribution in [-0.4, -0.2) is 17.9 Å². The van der Waals surface area contributed by atoms with Gasteiger partial charge in [-0.2, -0.15) is 5.26 Å². The van der Waals surface area contributed by atoms with Gasteiger partial charge in [0, 0.05) is 11.9 Å². The summed E-state index contributed by atoms with van der Waals surface area (Å²) in [5.41, 5.74) is -0.838. The van der Waals surface area contributed by atoms with Gasteiger partial charge in [-0.3, -0.25) is 4.79 Å². The zero-order valence-electron chi connectivity index (χ0n) is 12.0. The fourth-order valence-electron chi connectivity index (χ4n) is 2.43. The molecule has 0 aliphatic heterocycles. The molecule has 0 atom stereocenters. The topological polar surface area (TPSA) is 44.1 Å². The van der Waals surface area contributed by atoms with Crippen LogP contribution in [0.25, 0.3) is 0 Å². The molecule has 0 bridgehead atoms. The smallest absolute Gasteiger partial charge is 0.243 e. The third-order valence-corrected chi connectivity index (χ3v) is 4.16. The minimum atomic E-state index is -0.838. The molecule has 4 heteroatoms. The Morgan fingerprint density at radius 1 is 1.42 bits per heavy atom. The van der Waals surface area contributed by atoms with Gasteiger partial charge in [0.25, 0.3) is 0 Å². The minimum Gasteiger partial charge on any atom is -0.339 e. The van der Waals surface area contributed by atoms with Crippen LogP contribution in [0.1, 0.15) is 44.4 Å². The van der Waals surface area contributed by atoms with E-state index in [0.717, 1.165) is 17.7 Å². The summed E-state index contributed by atoms with van der Waals surface area (Å²) in [7, 11) is 1.79. The van der Waals surface area contributed by atoms with Gasteiger partial charge in [-0.05, 0) is 24.3 Å². The summed E-state index contributed by atoms with van der Waals surface area (Å²) in [5, 5.41) is 11.5. The summed E-state index contributed by atoms with van der Waals surface area (Å²) in [4.78, 5) is 15.5. The number of thiophene rings is 1. The van der Waals surface area contributed by atoms with Crippen molar-refractivity contribution < 1.29 is 4.79 Å². The molecule has 3 nitrogen and oxygen atoms in total. The summed E-state index contributed by atoms with van der Waals surface area (Å²) < 4.78 is 0. The minimum absolute atomic E-state index is 0.0351. The van der Waals surface area contributed by atoms with Crippen LogP contribution >= 0.6 is 11.3 Å². The zero-order valence-corrected chi connectivity index (χ0v) is 12.8. The zero-order chi connectivity index (χ0) is 14.3. The Hall–Kier alpha value is -1.34. The number of nitrogens with zero attached hydrogens (tertiary/aromatic N) is 2. The Morgan fingerprint density at radius 3 is 2.47 bits per heavy atom. The van der Waals surface area contributed by atoms with Crippen LogP contribution in [-0.2, 0) is 11.3 Å². The maximum absolute atomic E-state index is 12.6. The van der Waals surface area contributed by atoms with E-state index in [1.807, 2.05) is 31.4 Å². The lowest BCUT2D eigenvalue weighted by Crippen LogP contribution is -2.40. The summed E-state index contributed by atoms with van der Waals surface area (Å²) in [6.45, 7) is 4.63. The van der Waals surface area contributed by atoms with Gasteiger partial charge in [0.1, 0.15) is 5.41 Å². The second kappa shape index (κ2) is 7.30. The molecule has 1 heterocycles. The Morgan fingerprint density at radius 2 is 2.05 bits per heavy atom. The van der Waals surface area contributed by atoms with Crippen molar-refractivity contribution in [1.82, 2.24) is 4.90 Å². The molecule has 0 unspecified atom stereocenters. The van der Waals surface area contributed by atoms with Gasteiger partial charge in [-0.15, -0.1) is 11.3 Å². The van der Waals surface area contributed by atoms with Crippen molar-refractivity contribution in [2.75, 3.05) is 7.05 Å². The number of nitriles is 1. The quantitative estimate of drug-likeness (QED) is 0.761. The first-order valence-corrected chi connectivity index (χ1v) is 7.66. The molecule has 1 rings (SSSR count). The Bertz CT molecular complexity index is 427. The van der Waals surface area contributed by atoms with Crippen molar-refractivity contribution in [2.45, 2.75) is 46.1 Å². The van der Waals surface area contributed by atoms with Gasteiger partial charge in [0.2, 0.25) is 5.91 Å². The third-order valence-electron chi connectivity index (χ3n) is 3.30. The van der Waals surface area contributed by atoms with E-state index in [9.17, 15) is 10.1 Å². The molecule has 0 aliphatic carbocycles. The normalized spacial score (nSPS) is 11.1. The van der Waals surface area contributed by atoms with E-state index in [0.29, 0.717) is 19.4 Å². The molecule has 1 aromatic heterocycles. The predicted octanol–water partition coefficient (Wildman–Crippen LogP) is 3.82. The van der Waals surface area contributed by atoms with E-state index in [-0.39, 0.29) is 5.91 Å². The first kappa shape index (κ1) is 15.7. The maximum Gasteiger partial charge on any atom is 0.243 e. The van der Waals surface area contributed by atoms with E-state index in [1.165, 1.54) is 0 Å². The Kier molecular flexibility index (Phi) is 6.04. The number of hydrogen-bond donors (Lipinski definition) is 0. The van der Waals surface area contributed by atoms with Crippen LogP contribution in [0.2, 0.25) is 0 Å². The van der Waals surface area contributed by atoms with Gasteiger partial charge in [-0.1, -0.05) is 32.8 Å². The second-order valence-electron chi connectivity index (χ2n) is 4.93. The highest BCUT2D eigenvalue weighted by atomic mass is 32.1. The average molecular weight is 278 g/mol. The van der Waals surface area contributed by atoms with E-state index >= 15 is 0 Å². The first-order chi connectivity index (χ1) is 9.09.